The Hall–Kier alpha value is -1.75. The van der Waals surface area contributed by atoms with Crippen molar-refractivity contribution in [1.82, 2.24) is 10.2 Å². The molecule has 0 aliphatic carbocycles. The number of nitrogens with zero attached hydrogens (tertiary/aromatic N) is 1. The molecule has 0 saturated heterocycles. The van der Waals surface area contributed by atoms with Crippen molar-refractivity contribution in [1.29, 1.82) is 0 Å². The molecule has 0 radical (unpaired) electrons. The lowest BCUT2D eigenvalue weighted by atomic mass is 10.0. The number of phenols is 1. The number of benzene rings is 1. The fourth-order valence-corrected chi connectivity index (χ4v) is 1.50. The molecule has 0 aliphatic heterocycles. The summed E-state index contributed by atoms with van der Waals surface area (Å²) in [5.74, 6) is 0.137. The maximum absolute atomic E-state index is 11.5. The first-order valence-electron chi connectivity index (χ1n) is 5.78. The quantitative estimate of drug-likeness (QED) is 0.761. The first kappa shape index (κ1) is 14.3. The number of carbonyl (C=O) groups is 1. The number of aryl methyl sites for hydroxylation is 1. The van der Waals surface area contributed by atoms with Crippen LogP contribution in [-0.4, -0.2) is 41.3 Å². The predicted molar refractivity (Wildman–Crippen MR) is 69.5 cm³/mol. The molecule has 2 unspecified atom stereocenters. The van der Waals surface area contributed by atoms with Crippen molar-refractivity contribution in [3.05, 3.63) is 29.3 Å². The van der Waals surface area contributed by atoms with Crippen LogP contribution in [0.25, 0.3) is 0 Å². The Morgan fingerprint density at radius 3 is 2.50 bits per heavy atom. The van der Waals surface area contributed by atoms with Crippen LogP contribution in [0.5, 0.6) is 5.75 Å². The number of aromatic hydroxyl groups is 1. The number of hydrogen-bond acceptors (Lipinski definition) is 3. The molecule has 0 spiro atoms. The molecule has 0 aromatic heterocycles. The summed E-state index contributed by atoms with van der Waals surface area (Å²) < 4.78 is 0. The molecule has 0 aliphatic rings. The van der Waals surface area contributed by atoms with Crippen molar-refractivity contribution in [2.75, 3.05) is 14.1 Å². The topological polar surface area (TPSA) is 72.8 Å². The molecular weight excluding hydrogens is 232 g/mol. The fraction of sp³-hybridized carbons (Fsp3) is 0.462. The number of hydrogen-bond donors (Lipinski definition) is 3. The lowest BCUT2D eigenvalue weighted by Gasteiger charge is -2.23. The first-order valence-corrected chi connectivity index (χ1v) is 5.78. The van der Waals surface area contributed by atoms with E-state index in [0.29, 0.717) is 5.56 Å². The zero-order chi connectivity index (χ0) is 13.9. The summed E-state index contributed by atoms with van der Waals surface area (Å²) in [4.78, 5) is 12.9. The van der Waals surface area contributed by atoms with Crippen LogP contribution in [0.3, 0.4) is 0 Å². The van der Waals surface area contributed by atoms with E-state index >= 15 is 0 Å². The highest BCUT2D eigenvalue weighted by molar-refractivity contribution is 5.73. The normalized spacial score (nSPS) is 13.8. The van der Waals surface area contributed by atoms with Gasteiger partial charge in [-0.15, -0.1) is 0 Å². The van der Waals surface area contributed by atoms with E-state index in [1.807, 2.05) is 0 Å². The molecule has 0 saturated carbocycles. The number of aliphatic hydroxyl groups excluding tert-OH is 1. The van der Waals surface area contributed by atoms with E-state index in [-0.39, 0.29) is 11.8 Å². The van der Waals surface area contributed by atoms with Crippen molar-refractivity contribution < 1.29 is 15.0 Å². The maximum Gasteiger partial charge on any atom is 0.317 e. The van der Waals surface area contributed by atoms with E-state index in [1.165, 1.54) is 11.0 Å². The zero-order valence-electron chi connectivity index (χ0n) is 11.1. The number of urea groups is 1. The summed E-state index contributed by atoms with van der Waals surface area (Å²) in [5.41, 5.74) is 1.32. The van der Waals surface area contributed by atoms with E-state index in [0.717, 1.165) is 5.56 Å². The van der Waals surface area contributed by atoms with Gasteiger partial charge < -0.3 is 20.4 Å². The number of amides is 2. The van der Waals surface area contributed by atoms with E-state index in [9.17, 15) is 15.0 Å². The zero-order valence-corrected chi connectivity index (χ0v) is 11.1. The molecule has 100 valence electrons. The minimum absolute atomic E-state index is 0.137. The molecule has 3 N–H and O–H groups in total. The Bertz CT molecular complexity index is 432. The number of rotatable bonds is 3. The van der Waals surface area contributed by atoms with Gasteiger partial charge in [-0.3, -0.25) is 0 Å². The van der Waals surface area contributed by atoms with Gasteiger partial charge in [-0.1, -0.05) is 12.1 Å². The molecule has 2 atom stereocenters. The lowest BCUT2D eigenvalue weighted by molar-refractivity contribution is 0.133. The molecule has 2 amide bonds. The van der Waals surface area contributed by atoms with Crippen LogP contribution in [-0.2, 0) is 0 Å². The molecule has 0 heterocycles. The Morgan fingerprint density at radius 1 is 1.39 bits per heavy atom. The van der Waals surface area contributed by atoms with Crippen molar-refractivity contribution in [3.63, 3.8) is 0 Å². The summed E-state index contributed by atoms with van der Waals surface area (Å²) in [6, 6.07) is 4.27. The van der Waals surface area contributed by atoms with Gasteiger partial charge in [-0.2, -0.15) is 0 Å². The standard InChI is InChI=1S/C13H20N2O3/c1-8-5-6-10(7-11(8)16)12(17)9(2)14-13(18)15(3)4/h5-7,9,12,16-17H,1-4H3,(H,14,18). The molecule has 1 aromatic carbocycles. The monoisotopic (exact) mass is 252 g/mol. The van der Waals surface area contributed by atoms with E-state index in [2.05, 4.69) is 5.32 Å². The van der Waals surface area contributed by atoms with Crippen LogP contribution in [0.1, 0.15) is 24.2 Å². The highest BCUT2D eigenvalue weighted by Gasteiger charge is 2.19. The van der Waals surface area contributed by atoms with Gasteiger partial charge in [0.1, 0.15) is 5.75 Å². The third kappa shape index (κ3) is 3.37. The maximum atomic E-state index is 11.5. The number of phenolic OH excluding ortho intramolecular Hbond substituents is 1. The van der Waals surface area contributed by atoms with Crippen molar-refractivity contribution >= 4 is 6.03 Å². The minimum atomic E-state index is -0.861. The van der Waals surface area contributed by atoms with Gasteiger partial charge >= 0.3 is 6.03 Å². The minimum Gasteiger partial charge on any atom is -0.508 e. The van der Waals surface area contributed by atoms with Crippen LogP contribution >= 0.6 is 0 Å². The third-order valence-corrected chi connectivity index (χ3v) is 2.81. The lowest BCUT2D eigenvalue weighted by Crippen LogP contribution is -2.42. The average molecular weight is 252 g/mol. The van der Waals surface area contributed by atoms with Crippen molar-refractivity contribution in [3.8, 4) is 5.75 Å². The highest BCUT2D eigenvalue weighted by Crippen LogP contribution is 2.24. The van der Waals surface area contributed by atoms with Crippen molar-refractivity contribution in [2.45, 2.75) is 26.0 Å². The second-order valence-electron chi connectivity index (χ2n) is 4.62. The van der Waals surface area contributed by atoms with E-state index in [4.69, 9.17) is 0 Å². The Kier molecular flexibility index (Phi) is 4.55. The smallest absolute Gasteiger partial charge is 0.317 e. The van der Waals surface area contributed by atoms with Crippen LogP contribution in [0.4, 0.5) is 4.79 Å². The Labute approximate surface area is 107 Å². The predicted octanol–water partition coefficient (Wildman–Crippen LogP) is 1.39. The second-order valence-corrected chi connectivity index (χ2v) is 4.62. The van der Waals surface area contributed by atoms with Gasteiger partial charge in [-0.05, 0) is 31.0 Å². The van der Waals surface area contributed by atoms with Crippen LogP contribution in [0.2, 0.25) is 0 Å². The van der Waals surface area contributed by atoms with Gasteiger partial charge in [0, 0.05) is 14.1 Å². The van der Waals surface area contributed by atoms with E-state index in [1.54, 1.807) is 40.1 Å². The fourth-order valence-electron chi connectivity index (χ4n) is 1.50. The van der Waals surface area contributed by atoms with Crippen LogP contribution in [0.15, 0.2) is 18.2 Å². The SMILES string of the molecule is Cc1ccc(C(O)C(C)NC(=O)N(C)C)cc1O. The molecular formula is C13H20N2O3. The molecule has 1 aromatic rings. The number of carbonyl (C=O) groups excluding carboxylic acids is 1. The number of nitrogens with one attached hydrogen (secondary N) is 1. The molecule has 1 rings (SSSR count). The average Bonchev–Trinajstić information content (AvgIpc) is 2.31. The van der Waals surface area contributed by atoms with Crippen LogP contribution < -0.4 is 5.32 Å². The third-order valence-electron chi connectivity index (χ3n) is 2.81. The molecule has 0 bridgehead atoms. The first-order chi connectivity index (χ1) is 8.32. The Morgan fingerprint density at radius 2 is 2.00 bits per heavy atom. The summed E-state index contributed by atoms with van der Waals surface area (Å²) in [5, 5.41) is 22.4. The second kappa shape index (κ2) is 5.73. The van der Waals surface area contributed by atoms with Gasteiger partial charge in [0.25, 0.3) is 0 Å². The van der Waals surface area contributed by atoms with Gasteiger partial charge in [0.2, 0.25) is 0 Å². The molecule has 5 nitrogen and oxygen atoms in total. The summed E-state index contributed by atoms with van der Waals surface area (Å²) in [7, 11) is 3.26. The van der Waals surface area contributed by atoms with Gasteiger partial charge in [0.05, 0.1) is 12.1 Å². The number of aliphatic hydroxyl groups is 1. The van der Waals surface area contributed by atoms with Gasteiger partial charge in [-0.25, -0.2) is 4.79 Å². The molecule has 5 heteroatoms. The van der Waals surface area contributed by atoms with Crippen LogP contribution in [0, 0.1) is 6.92 Å². The summed E-state index contributed by atoms with van der Waals surface area (Å²) >= 11 is 0. The molecule has 18 heavy (non-hydrogen) atoms. The Balaban J connectivity index is 2.76. The highest BCUT2D eigenvalue weighted by atomic mass is 16.3. The van der Waals surface area contributed by atoms with E-state index < -0.39 is 12.1 Å². The summed E-state index contributed by atoms with van der Waals surface area (Å²) in [6.45, 7) is 3.49. The van der Waals surface area contributed by atoms with Crippen molar-refractivity contribution in [2.24, 2.45) is 0 Å². The summed E-state index contributed by atoms with van der Waals surface area (Å²) in [6.07, 6.45) is -0.861. The largest absolute Gasteiger partial charge is 0.508 e. The molecule has 0 fully saturated rings. The van der Waals surface area contributed by atoms with Gasteiger partial charge in [0.15, 0.2) is 0 Å².